The maximum Gasteiger partial charge on any atom is 0.237 e. The van der Waals surface area contributed by atoms with Crippen LogP contribution < -0.4 is 16.0 Å². The van der Waals surface area contributed by atoms with Gasteiger partial charge in [0.15, 0.2) is 0 Å². The van der Waals surface area contributed by atoms with Crippen LogP contribution in [-0.4, -0.2) is 31.0 Å². The first-order valence-electron chi connectivity index (χ1n) is 6.38. The summed E-state index contributed by atoms with van der Waals surface area (Å²) in [5.74, 6) is 0.716. The van der Waals surface area contributed by atoms with Crippen LogP contribution in [0.5, 0.6) is 0 Å². The minimum atomic E-state index is -0.521. The fraction of sp³-hybridized carbons (Fsp3) is 0.571. The number of nitrogens with zero attached hydrogens (tertiary/aromatic N) is 2. The van der Waals surface area contributed by atoms with Gasteiger partial charge in [0.05, 0.1) is 6.04 Å². The third kappa shape index (κ3) is 4.21. The second kappa shape index (κ2) is 6.02. The van der Waals surface area contributed by atoms with E-state index in [1.165, 1.54) is 0 Å². The van der Waals surface area contributed by atoms with Gasteiger partial charge in [-0.2, -0.15) is 0 Å². The molecule has 0 aliphatic rings. The van der Waals surface area contributed by atoms with Crippen molar-refractivity contribution < 1.29 is 4.79 Å². The van der Waals surface area contributed by atoms with Gasteiger partial charge in [0.25, 0.3) is 0 Å². The summed E-state index contributed by atoms with van der Waals surface area (Å²) in [6, 6.07) is 3.29. The third-order valence-corrected chi connectivity index (χ3v) is 2.96. The minimum absolute atomic E-state index is 0.138. The Bertz CT molecular complexity index is 437. The summed E-state index contributed by atoms with van der Waals surface area (Å²) in [6.07, 6.45) is 1.74. The number of carbonyl (C=O) groups is 1. The van der Waals surface area contributed by atoms with Crippen LogP contribution in [0.4, 0.5) is 5.82 Å². The first-order valence-corrected chi connectivity index (χ1v) is 6.38. The van der Waals surface area contributed by atoms with Crippen LogP contribution >= 0.6 is 0 Å². The van der Waals surface area contributed by atoms with E-state index in [-0.39, 0.29) is 11.3 Å². The van der Waals surface area contributed by atoms with Gasteiger partial charge >= 0.3 is 0 Å². The third-order valence-electron chi connectivity index (χ3n) is 2.96. The topological polar surface area (TPSA) is 71.2 Å². The number of amides is 1. The Balaban J connectivity index is 2.70. The van der Waals surface area contributed by atoms with Crippen LogP contribution in [-0.2, 0) is 11.3 Å². The lowest BCUT2D eigenvalue weighted by Gasteiger charge is -2.26. The Hall–Kier alpha value is -1.62. The molecule has 1 amide bonds. The first-order chi connectivity index (χ1) is 8.73. The van der Waals surface area contributed by atoms with Crippen molar-refractivity contribution in [3.05, 3.63) is 23.9 Å². The summed E-state index contributed by atoms with van der Waals surface area (Å²) in [6.45, 7) is 6.29. The summed E-state index contributed by atoms with van der Waals surface area (Å²) in [5, 5.41) is 2.87. The number of anilines is 1. The molecular weight excluding hydrogens is 240 g/mol. The zero-order valence-electron chi connectivity index (χ0n) is 12.4. The van der Waals surface area contributed by atoms with Crippen molar-refractivity contribution in [1.29, 1.82) is 0 Å². The molecule has 0 spiro atoms. The number of nitrogens with two attached hydrogens (primary N) is 1. The van der Waals surface area contributed by atoms with E-state index in [2.05, 4.69) is 10.3 Å². The van der Waals surface area contributed by atoms with E-state index in [9.17, 15) is 4.79 Å². The number of aromatic nitrogens is 1. The van der Waals surface area contributed by atoms with Gasteiger partial charge in [0.1, 0.15) is 5.82 Å². The van der Waals surface area contributed by atoms with Gasteiger partial charge in [-0.25, -0.2) is 4.98 Å². The fourth-order valence-corrected chi connectivity index (χ4v) is 1.66. The summed E-state index contributed by atoms with van der Waals surface area (Å²) in [5.41, 5.74) is 6.65. The molecule has 5 nitrogen and oxygen atoms in total. The van der Waals surface area contributed by atoms with Crippen LogP contribution in [0.25, 0.3) is 0 Å². The molecule has 3 N–H and O–H groups in total. The summed E-state index contributed by atoms with van der Waals surface area (Å²) in [4.78, 5) is 18.2. The van der Waals surface area contributed by atoms with Gasteiger partial charge in [-0.05, 0) is 11.5 Å². The Kier molecular flexibility index (Phi) is 4.89. The summed E-state index contributed by atoms with van der Waals surface area (Å²) in [7, 11) is 3.85. The molecule has 1 aromatic heterocycles. The molecule has 106 valence electrons. The molecule has 0 fully saturated rings. The number of carbonyl (C=O) groups excluding carboxylic acids is 1. The second-order valence-electron chi connectivity index (χ2n) is 5.94. The second-order valence-corrected chi connectivity index (χ2v) is 5.94. The monoisotopic (exact) mass is 264 g/mol. The largest absolute Gasteiger partial charge is 0.362 e. The average Bonchev–Trinajstić information content (AvgIpc) is 2.34. The normalized spacial score (nSPS) is 12.9. The van der Waals surface area contributed by atoms with Crippen molar-refractivity contribution >= 4 is 11.7 Å². The average molecular weight is 264 g/mol. The van der Waals surface area contributed by atoms with Crippen molar-refractivity contribution in [3.63, 3.8) is 0 Å². The van der Waals surface area contributed by atoms with Crippen molar-refractivity contribution in [3.8, 4) is 0 Å². The molecule has 0 aliphatic carbocycles. The number of hydrogen-bond donors (Lipinski definition) is 2. The van der Waals surface area contributed by atoms with Crippen LogP contribution in [0.1, 0.15) is 26.3 Å². The van der Waals surface area contributed by atoms with E-state index in [0.29, 0.717) is 6.54 Å². The molecule has 5 heteroatoms. The molecule has 1 atom stereocenters. The van der Waals surface area contributed by atoms with Gasteiger partial charge in [-0.1, -0.05) is 26.8 Å². The zero-order valence-corrected chi connectivity index (χ0v) is 12.4. The Morgan fingerprint density at radius 3 is 2.63 bits per heavy atom. The molecule has 1 heterocycles. The van der Waals surface area contributed by atoms with Crippen molar-refractivity contribution in [2.45, 2.75) is 33.4 Å². The summed E-state index contributed by atoms with van der Waals surface area (Å²) >= 11 is 0. The molecule has 0 unspecified atom stereocenters. The van der Waals surface area contributed by atoms with Crippen molar-refractivity contribution in [1.82, 2.24) is 10.3 Å². The molecule has 19 heavy (non-hydrogen) atoms. The fourth-order valence-electron chi connectivity index (χ4n) is 1.66. The summed E-state index contributed by atoms with van der Waals surface area (Å²) < 4.78 is 0. The molecular formula is C14H24N4O. The van der Waals surface area contributed by atoms with Gasteiger partial charge in [-0.3, -0.25) is 4.79 Å². The van der Waals surface area contributed by atoms with Crippen molar-refractivity contribution in [2.75, 3.05) is 19.0 Å². The van der Waals surface area contributed by atoms with Crippen molar-refractivity contribution in [2.24, 2.45) is 11.1 Å². The van der Waals surface area contributed by atoms with E-state index in [1.807, 2.05) is 51.9 Å². The SMILES string of the molecule is CN(C)c1ncccc1CNC(=O)[C@@H](N)C(C)(C)C. The van der Waals surface area contributed by atoms with E-state index in [4.69, 9.17) is 5.73 Å². The molecule has 1 rings (SSSR count). The van der Waals surface area contributed by atoms with Gasteiger partial charge < -0.3 is 16.0 Å². The predicted octanol–water partition coefficient (Wildman–Crippen LogP) is 1.14. The highest BCUT2D eigenvalue weighted by atomic mass is 16.2. The van der Waals surface area contributed by atoms with Gasteiger partial charge in [-0.15, -0.1) is 0 Å². The number of hydrogen-bond acceptors (Lipinski definition) is 4. The molecule has 1 aromatic rings. The highest BCUT2D eigenvalue weighted by molar-refractivity contribution is 5.82. The minimum Gasteiger partial charge on any atom is -0.362 e. The molecule has 0 bridgehead atoms. The lowest BCUT2D eigenvalue weighted by Crippen LogP contribution is -2.48. The first kappa shape index (κ1) is 15.4. The number of nitrogens with one attached hydrogen (secondary N) is 1. The lowest BCUT2D eigenvalue weighted by molar-refractivity contribution is -0.124. The highest BCUT2D eigenvalue weighted by Crippen LogP contribution is 2.18. The Labute approximate surface area is 115 Å². The van der Waals surface area contributed by atoms with Crippen LogP contribution in [0.15, 0.2) is 18.3 Å². The van der Waals surface area contributed by atoms with Crippen LogP contribution in [0.3, 0.4) is 0 Å². The highest BCUT2D eigenvalue weighted by Gasteiger charge is 2.27. The van der Waals surface area contributed by atoms with E-state index >= 15 is 0 Å². The Morgan fingerprint density at radius 2 is 2.11 bits per heavy atom. The molecule has 0 saturated carbocycles. The quantitative estimate of drug-likeness (QED) is 0.855. The number of pyridine rings is 1. The Morgan fingerprint density at radius 1 is 1.47 bits per heavy atom. The van der Waals surface area contributed by atoms with E-state index in [1.54, 1.807) is 6.20 Å². The maximum absolute atomic E-state index is 12.0. The molecule has 0 radical (unpaired) electrons. The molecule has 0 aliphatic heterocycles. The van der Waals surface area contributed by atoms with E-state index < -0.39 is 6.04 Å². The van der Waals surface area contributed by atoms with E-state index in [0.717, 1.165) is 11.4 Å². The maximum atomic E-state index is 12.0. The molecule has 0 aromatic carbocycles. The standard InChI is InChI=1S/C14H24N4O/c1-14(2,3)11(15)13(19)17-9-10-7-6-8-16-12(10)18(4)5/h6-8,11H,9,15H2,1-5H3,(H,17,19)/t11-/m1/s1. The van der Waals surface area contributed by atoms with Gasteiger partial charge in [0, 0.05) is 32.4 Å². The van der Waals surface area contributed by atoms with Gasteiger partial charge in [0.2, 0.25) is 5.91 Å². The molecule has 0 saturated heterocycles. The van der Waals surface area contributed by atoms with Crippen LogP contribution in [0, 0.1) is 5.41 Å². The zero-order chi connectivity index (χ0) is 14.6. The number of rotatable bonds is 4. The predicted molar refractivity (Wildman–Crippen MR) is 77.8 cm³/mol. The van der Waals surface area contributed by atoms with Crippen LogP contribution in [0.2, 0.25) is 0 Å². The lowest BCUT2D eigenvalue weighted by atomic mass is 9.87. The smallest absolute Gasteiger partial charge is 0.237 e.